The Balaban J connectivity index is 1.70. The monoisotopic (exact) mass is 574 g/mol. The zero-order chi connectivity index (χ0) is 28.4. The Kier molecular flexibility index (Phi) is 8.55. The largest absolute Gasteiger partial charge is 0.469 e. The van der Waals surface area contributed by atoms with Crippen molar-refractivity contribution in [2.24, 2.45) is 0 Å². The quantitative estimate of drug-likeness (QED) is 0.133. The molecule has 0 fully saturated rings. The average molecular weight is 575 g/mol. The van der Waals surface area contributed by atoms with E-state index in [1.807, 2.05) is 26.0 Å². The van der Waals surface area contributed by atoms with Gasteiger partial charge in [-0.2, -0.15) is 0 Å². The number of H-pyrrole nitrogens is 1. The lowest BCUT2D eigenvalue weighted by Crippen LogP contribution is -2.33. The molecule has 0 radical (unpaired) electrons. The average Bonchev–Trinajstić information content (AvgIpc) is 3.27. The van der Waals surface area contributed by atoms with E-state index >= 15 is 0 Å². The summed E-state index contributed by atoms with van der Waals surface area (Å²) >= 11 is 0. The van der Waals surface area contributed by atoms with Gasteiger partial charge in [-0.15, -0.1) is 0 Å². The smallest absolute Gasteiger partial charge is 0.351 e. The van der Waals surface area contributed by atoms with E-state index in [9.17, 15) is 17.8 Å². The molecule has 1 amide bonds. The van der Waals surface area contributed by atoms with Crippen LogP contribution in [0.4, 0.5) is 0 Å². The molecule has 0 aliphatic heterocycles. The molecule has 0 aliphatic rings. The molecule has 0 saturated heterocycles. The van der Waals surface area contributed by atoms with Crippen LogP contribution in [0.3, 0.4) is 0 Å². The van der Waals surface area contributed by atoms with Crippen LogP contribution in [-0.4, -0.2) is 66.1 Å². The van der Waals surface area contributed by atoms with E-state index in [2.05, 4.69) is 25.1 Å². The third kappa shape index (κ3) is 6.55. The Morgan fingerprint density at radius 3 is 2.62 bits per heavy atom. The molecule has 39 heavy (non-hydrogen) atoms. The lowest BCUT2D eigenvalue weighted by atomic mass is 9.93. The topological polar surface area (TPSA) is 171 Å². The summed E-state index contributed by atoms with van der Waals surface area (Å²) in [5.74, 6) is -0.340. The predicted octanol–water partition coefficient (Wildman–Crippen LogP) is 3.22. The van der Waals surface area contributed by atoms with Crippen LogP contribution in [0, 0.1) is 13.8 Å². The van der Waals surface area contributed by atoms with Crippen molar-refractivity contribution in [3.63, 3.8) is 0 Å². The fraction of sp³-hybridized carbons (Fsp3) is 0.308. The number of nitrogens with zero attached hydrogens (tertiary/aromatic N) is 1. The van der Waals surface area contributed by atoms with Crippen molar-refractivity contribution in [1.29, 1.82) is 0 Å². The van der Waals surface area contributed by atoms with Gasteiger partial charge in [-0.1, -0.05) is 19.1 Å². The number of rotatable bonds is 11. The Hall–Kier alpha value is -3.12. The molecule has 0 atom stereocenters. The number of pyridine rings is 1. The van der Waals surface area contributed by atoms with Crippen molar-refractivity contribution in [3.8, 4) is 11.1 Å². The number of hydrogen-bond acceptors (Lipinski definition) is 7. The highest BCUT2D eigenvalue weighted by molar-refractivity contribution is 7.91. The summed E-state index contributed by atoms with van der Waals surface area (Å²) in [5.41, 5.74) is 4.89. The van der Waals surface area contributed by atoms with Crippen LogP contribution in [0.2, 0.25) is 0 Å². The highest BCUT2D eigenvalue weighted by Crippen LogP contribution is 2.38. The van der Waals surface area contributed by atoms with Crippen molar-refractivity contribution < 1.29 is 32.1 Å². The number of aromatic nitrogens is 2. The summed E-state index contributed by atoms with van der Waals surface area (Å²) < 4.78 is 40.3. The van der Waals surface area contributed by atoms with Crippen molar-refractivity contribution in [2.45, 2.75) is 25.7 Å². The van der Waals surface area contributed by atoms with Gasteiger partial charge >= 0.3 is 7.82 Å². The molecule has 5 N–H and O–H groups in total. The van der Waals surface area contributed by atoms with Gasteiger partial charge in [0.05, 0.1) is 22.8 Å². The second-order valence-electron chi connectivity index (χ2n) is 9.14. The third-order valence-electron chi connectivity index (χ3n) is 6.38. The van der Waals surface area contributed by atoms with Crippen LogP contribution >= 0.6 is 7.82 Å². The molecule has 2 aromatic carbocycles. The second-order valence-corrected chi connectivity index (χ2v) is 12.7. The number of carbonyl (C=O) groups excluding carboxylic acids is 1. The van der Waals surface area contributed by atoms with E-state index in [4.69, 9.17) is 9.79 Å². The molecule has 4 aromatic rings. The van der Waals surface area contributed by atoms with Crippen LogP contribution in [-0.2, 0) is 18.9 Å². The number of benzene rings is 2. The number of aromatic amines is 1. The minimum absolute atomic E-state index is 0.0247. The summed E-state index contributed by atoms with van der Waals surface area (Å²) in [7, 11) is -7.95. The number of amides is 1. The molecule has 0 unspecified atom stereocenters. The minimum atomic E-state index is -4.51. The van der Waals surface area contributed by atoms with Gasteiger partial charge in [0.1, 0.15) is 5.65 Å². The fourth-order valence-corrected chi connectivity index (χ4v) is 5.66. The molecule has 0 aliphatic carbocycles. The van der Waals surface area contributed by atoms with Gasteiger partial charge in [0.15, 0.2) is 9.84 Å². The minimum Gasteiger partial charge on any atom is -0.351 e. The molecule has 11 nitrogen and oxygen atoms in total. The maximum atomic E-state index is 13.3. The fourth-order valence-electron chi connectivity index (χ4n) is 4.40. The van der Waals surface area contributed by atoms with Crippen LogP contribution in [0.5, 0.6) is 0 Å². The lowest BCUT2D eigenvalue weighted by Gasteiger charge is -2.14. The molecule has 2 aromatic heterocycles. The third-order valence-corrected chi connectivity index (χ3v) is 8.63. The number of carbonyl (C=O) groups is 1. The molecule has 4 rings (SSSR count). The first-order valence-corrected chi connectivity index (χ1v) is 15.5. The van der Waals surface area contributed by atoms with Crippen LogP contribution in [0.1, 0.15) is 28.4 Å². The summed E-state index contributed by atoms with van der Waals surface area (Å²) in [4.78, 5) is 38.8. The molecule has 208 valence electrons. The van der Waals surface area contributed by atoms with Crippen LogP contribution in [0.25, 0.3) is 33.1 Å². The molecule has 0 spiro atoms. The number of sulfone groups is 1. The number of hydrogen-bond donors (Lipinski definition) is 5. The first-order chi connectivity index (χ1) is 18.4. The van der Waals surface area contributed by atoms with Crippen LogP contribution in [0.15, 0.2) is 47.5 Å². The van der Waals surface area contributed by atoms with Crippen molar-refractivity contribution in [2.75, 3.05) is 32.0 Å². The maximum Gasteiger partial charge on any atom is 0.469 e. The van der Waals surface area contributed by atoms with E-state index in [0.717, 1.165) is 27.4 Å². The number of nitrogens with one attached hydrogen (secondary N) is 3. The van der Waals surface area contributed by atoms with Gasteiger partial charge in [-0.3, -0.25) is 9.32 Å². The van der Waals surface area contributed by atoms with Gasteiger partial charge in [0.2, 0.25) is 0 Å². The van der Waals surface area contributed by atoms with Crippen LogP contribution < -0.4 is 10.6 Å². The Bertz CT molecular complexity index is 1700. The molecule has 13 heteroatoms. The number of fused-ring (bicyclic) bond motifs is 3. The number of aryl methyl sites for hydroxylation is 2. The maximum absolute atomic E-state index is 13.3. The highest BCUT2D eigenvalue weighted by atomic mass is 32.2. The zero-order valence-electron chi connectivity index (χ0n) is 21.8. The van der Waals surface area contributed by atoms with Gasteiger partial charge in [-0.25, -0.2) is 18.0 Å². The van der Waals surface area contributed by atoms with Crippen molar-refractivity contribution in [3.05, 3.63) is 59.3 Å². The van der Waals surface area contributed by atoms with Gasteiger partial charge < -0.3 is 25.4 Å². The van der Waals surface area contributed by atoms with Crippen molar-refractivity contribution in [1.82, 2.24) is 20.6 Å². The first-order valence-electron chi connectivity index (χ1n) is 12.3. The highest BCUT2D eigenvalue weighted by Gasteiger charge is 2.21. The lowest BCUT2D eigenvalue weighted by molar-refractivity contribution is 0.0953. The number of phosphoric acid groups is 1. The zero-order valence-corrected chi connectivity index (χ0v) is 23.5. The molecular weight excluding hydrogens is 543 g/mol. The van der Waals surface area contributed by atoms with E-state index in [1.165, 1.54) is 0 Å². The molecule has 0 saturated carbocycles. The summed E-state index contributed by atoms with van der Waals surface area (Å²) in [6.45, 7) is 6.05. The van der Waals surface area contributed by atoms with Gasteiger partial charge in [-0.05, 0) is 60.4 Å². The molecular formula is C26H31N4O7PS. The summed E-state index contributed by atoms with van der Waals surface area (Å²) in [6, 6.07) is 10.5. The van der Waals surface area contributed by atoms with E-state index in [-0.39, 0.29) is 36.3 Å². The Morgan fingerprint density at radius 1 is 1.13 bits per heavy atom. The Labute approximate surface area is 226 Å². The van der Waals surface area contributed by atoms with Gasteiger partial charge in [0, 0.05) is 42.2 Å². The first kappa shape index (κ1) is 28.9. The summed E-state index contributed by atoms with van der Waals surface area (Å²) in [6.07, 6.45) is 1.76. The Morgan fingerprint density at radius 2 is 1.90 bits per heavy atom. The van der Waals surface area contributed by atoms with E-state index in [0.29, 0.717) is 28.9 Å². The van der Waals surface area contributed by atoms with Crippen molar-refractivity contribution >= 4 is 45.5 Å². The SMILES string of the molecule is CCS(=O)(=O)c1cccc(-c2cc(C(=O)NCCNCCOP(=O)(O)O)c(C)c3[nH]c4ncc(C)cc4c23)c1. The molecule has 0 bridgehead atoms. The summed E-state index contributed by atoms with van der Waals surface area (Å²) in [5, 5.41) is 7.53. The second kappa shape index (κ2) is 11.5. The normalized spacial score (nSPS) is 12.3. The predicted molar refractivity (Wildman–Crippen MR) is 149 cm³/mol. The van der Waals surface area contributed by atoms with E-state index < -0.39 is 17.7 Å². The van der Waals surface area contributed by atoms with Gasteiger partial charge in [0.25, 0.3) is 5.91 Å². The number of phosphoric ester groups is 1. The van der Waals surface area contributed by atoms with E-state index in [1.54, 1.807) is 37.4 Å². The standard InChI is InChI=1S/C26H31N4O7PS/c1-4-39(35,36)19-7-5-6-18(13-19)21-14-20(26(31)28-9-8-27-10-11-37-38(32,33)34)17(3)24-23(21)22-12-16(2)15-29-25(22)30-24/h5-7,12-15,27H,4,8-11H2,1-3H3,(H,28,31)(H,29,30)(H2,32,33,34). The molecule has 2 heterocycles.